The second-order valence-corrected chi connectivity index (χ2v) is 6.52. The van der Waals surface area contributed by atoms with Crippen LogP contribution in [0.1, 0.15) is 46.0 Å². The summed E-state index contributed by atoms with van der Waals surface area (Å²) in [5.41, 5.74) is 0.153. The summed E-state index contributed by atoms with van der Waals surface area (Å²) < 4.78 is 0. The minimum atomic E-state index is -0.867. The minimum absolute atomic E-state index is 0.0834. The summed E-state index contributed by atoms with van der Waals surface area (Å²) in [4.78, 5) is 27.3. The van der Waals surface area contributed by atoms with Crippen LogP contribution in [0.5, 0.6) is 0 Å². The number of nitrogens with zero attached hydrogens (tertiary/aromatic N) is 2. The van der Waals surface area contributed by atoms with Gasteiger partial charge >= 0.3 is 12.0 Å². The number of aliphatic carboxylic acids is 1. The van der Waals surface area contributed by atoms with Gasteiger partial charge in [0.15, 0.2) is 0 Å². The van der Waals surface area contributed by atoms with Gasteiger partial charge in [-0.3, -0.25) is 0 Å². The molecule has 1 unspecified atom stereocenters. The van der Waals surface area contributed by atoms with Crippen molar-refractivity contribution in [2.75, 3.05) is 19.6 Å². The van der Waals surface area contributed by atoms with Crippen molar-refractivity contribution in [3.05, 3.63) is 0 Å². The van der Waals surface area contributed by atoms with Crippen LogP contribution in [0.4, 0.5) is 4.79 Å². The zero-order chi connectivity index (χ0) is 14.0. The van der Waals surface area contributed by atoms with Crippen molar-refractivity contribution in [1.29, 1.82) is 0 Å². The molecule has 1 atom stereocenters. The lowest BCUT2D eigenvalue weighted by atomic mass is 9.93. The van der Waals surface area contributed by atoms with Crippen molar-refractivity contribution in [1.82, 2.24) is 9.80 Å². The highest BCUT2D eigenvalue weighted by molar-refractivity contribution is 5.83. The van der Waals surface area contributed by atoms with Crippen LogP contribution >= 0.6 is 0 Å². The summed E-state index contributed by atoms with van der Waals surface area (Å²) in [6.07, 6.45) is 4.39. The number of carbonyl (C=O) groups is 2. The molecule has 2 aliphatic rings. The number of amides is 2. The van der Waals surface area contributed by atoms with Crippen LogP contribution in [0.15, 0.2) is 0 Å². The molecule has 0 aromatic rings. The Morgan fingerprint density at radius 2 is 1.89 bits per heavy atom. The maximum Gasteiger partial charge on any atom is 0.326 e. The highest BCUT2D eigenvalue weighted by Gasteiger charge is 2.38. The van der Waals surface area contributed by atoms with Crippen LogP contribution in [-0.4, -0.2) is 52.6 Å². The van der Waals surface area contributed by atoms with E-state index in [1.165, 1.54) is 0 Å². The van der Waals surface area contributed by atoms with Gasteiger partial charge in [-0.05, 0) is 24.7 Å². The third-order valence-electron chi connectivity index (χ3n) is 4.23. The lowest BCUT2D eigenvalue weighted by molar-refractivity contribution is -0.142. The lowest BCUT2D eigenvalue weighted by Crippen LogP contribution is -2.50. The monoisotopic (exact) mass is 268 g/mol. The van der Waals surface area contributed by atoms with E-state index in [-0.39, 0.29) is 11.4 Å². The number of carbonyl (C=O) groups excluding carboxylic acids is 1. The van der Waals surface area contributed by atoms with Crippen LogP contribution in [0.2, 0.25) is 0 Å². The highest BCUT2D eigenvalue weighted by Crippen LogP contribution is 2.30. The van der Waals surface area contributed by atoms with Gasteiger partial charge in [0, 0.05) is 19.6 Å². The number of hydrogen-bond donors (Lipinski definition) is 1. The SMILES string of the molecule is CC1(C)CCN(C(=O)N2CCCCCC2C(=O)O)C1. The van der Waals surface area contributed by atoms with E-state index in [4.69, 9.17) is 0 Å². The Hall–Kier alpha value is -1.26. The molecule has 2 amide bonds. The van der Waals surface area contributed by atoms with E-state index in [9.17, 15) is 14.7 Å². The van der Waals surface area contributed by atoms with E-state index in [0.29, 0.717) is 13.0 Å². The molecule has 0 bridgehead atoms. The Kier molecular flexibility index (Phi) is 4.02. The van der Waals surface area contributed by atoms with Crippen molar-refractivity contribution in [2.45, 2.75) is 52.0 Å². The van der Waals surface area contributed by atoms with Gasteiger partial charge in [-0.25, -0.2) is 9.59 Å². The molecule has 2 saturated heterocycles. The number of rotatable bonds is 1. The zero-order valence-electron chi connectivity index (χ0n) is 11.9. The third kappa shape index (κ3) is 3.19. The summed E-state index contributed by atoms with van der Waals surface area (Å²) in [5.74, 6) is -0.867. The average Bonchev–Trinajstić information content (AvgIpc) is 2.57. The summed E-state index contributed by atoms with van der Waals surface area (Å²) in [6, 6.07) is -0.724. The van der Waals surface area contributed by atoms with Crippen LogP contribution < -0.4 is 0 Å². The topological polar surface area (TPSA) is 60.9 Å². The van der Waals surface area contributed by atoms with E-state index in [1.807, 2.05) is 4.90 Å². The molecule has 0 radical (unpaired) electrons. The molecule has 2 fully saturated rings. The van der Waals surface area contributed by atoms with Gasteiger partial charge in [-0.1, -0.05) is 26.7 Å². The molecule has 1 N–H and O–H groups in total. The fraction of sp³-hybridized carbons (Fsp3) is 0.857. The molecule has 2 rings (SSSR count). The van der Waals surface area contributed by atoms with E-state index >= 15 is 0 Å². The molecule has 0 aromatic heterocycles. The molecule has 5 nitrogen and oxygen atoms in total. The first-order valence-electron chi connectivity index (χ1n) is 7.19. The number of carboxylic acid groups (broad SMARTS) is 1. The molecule has 2 heterocycles. The predicted molar refractivity (Wildman–Crippen MR) is 72.0 cm³/mol. The highest BCUT2D eigenvalue weighted by atomic mass is 16.4. The van der Waals surface area contributed by atoms with Crippen LogP contribution in [0, 0.1) is 5.41 Å². The molecule has 2 aliphatic heterocycles. The number of urea groups is 1. The molecular weight excluding hydrogens is 244 g/mol. The zero-order valence-corrected chi connectivity index (χ0v) is 11.9. The molecule has 5 heteroatoms. The predicted octanol–water partition coefficient (Wildman–Crippen LogP) is 2.17. The Morgan fingerprint density at radius 3 is 2.47 bits per heavy atom. The third-order valence-corrected chi connectivity index (χ3v) is 4.23. The Morgan fingerprint density at radius 1 is 1.16 bits per heavy atom. The molecule has 0 spiro atoms. The van der Waals surface area contributed by atoms with Gasteiger partial charge in [0.25, 0.3) is 0 Å². The normalized spacial score (nSPS) is 27.2. The second kappa shape index (κ2) is 5.39. The van der Waals surface area contributed by atoms with Crippen molar-refractivity contribution >= 4 is 12.0 Å². The quantitative estimate of drug-likeness (QED) is 0.792. The van der Waals surface area contributed by atoms with E-state index in [1.54, 1.807) is 4.90 Å². The first kappa shape index (κ1) is 14.2. The van der Waals surface area contributed by atoms with E-state index in [2.05, 4.69) is 13.8 Å². The Labute approximate surface area is 114 Å². The first-order valence-corrected chi connectivity index (χ1v) is 7.19. The van der Waals surface area contributed by atoms with Crippen LogP contribution in [-0.2, 0) is 4.79 Å². The molecule has 0 saturated carbocycles. The van der Waals surface area contributed by atoms with Crippen molar-refractivity contribution in [3.8, 4) is 0 Å². The van der Waals surface area contributed by atoms with Gasteiger partial charge in [0.1, 0.15) is 6.04 Å². The molecular formula is C14H24N2O3. The standard InChI is InChI=1S/C14H24N2O3/c1-14(2)7-9-15(10-14)13(19)16-8-5-3-4-6-11(16)12(17)18/h11H,3-10H2,1-2H3,(H,17,18). The molecule has 108 valence electrons. The smallest absolute Gasteiger partial charge is 0.326 e. The molecule has 0 aromatic carbocycles. The van der Waals surface area contributed by atoms with Gasteiger partial charge in [0.05, 0.1) is 0 Å². The molecule has 0 aliphatic carbocycles. The second-order valence-electron chi connectivity index (χ2n) is 6.52. The van der Waals surface area contributed by atoms with Gasteiger partial charge in [-0.15, -0.1) is 0 Å². The number of hydrogen-bond acceptors (Lipinski definition) is 2. The minimum Gasteiger partial charge on any atom is -0.480 e. The van der Waals surface area contributed by atoms with Crippen molar-refractivity contribution in [2.24, 2.45) is 5.41 Å². The maximum atomic E-state index is 12.5. The van der Waals surface area contributed by atoms with Gasteiger partial charge in [0.2, 0.25) is 0 Å². The molecule has 19 heavy (non-hydrogen) atoms. The van der Waals surface area contributed by atoms with E-state index in [0.717, 1.165) is 38.8 Å². The Balaban J connectivity index is 2.09. The summed E-state index contributed by atoms with van der Waals surface area (Å²) in [7, 11) is 0. The fourth-order valence-electron chi connectivity index (χ4n) is 3.05. The fourth-order valence-corrected chi connectivity index (χ4v) is 3.05. The lowest BCUT2D eigenvalue weighted by Gasteiger charge is -2.31. The van der Waals surface area contributed by atoms with Crippen molar-refractivity contribution < 1.29 is 14.7 Å². The number of carboxylic acids is 1. The van der Waals surface area contributed by atoms with E-state index < -0.39 is 12.0 Å². The van der Waals surface area contributed by atoms with Crippen LogP contribution in [0.25, 0.3) is 0 Å². The first-order chi connectivity index (χ1) is 8.91. The number of likely N-dealkylation sites (tertiary alicyclic amines) is 2. The Bertz CT molecular complexity index is 368. The van der Waals surface area contributed by atoms with Crippen LogP contribution in [0.3, 0.4) is 0 Å². The summed E-state index contributed by atoms with van der Waals surface area (Å²) in [6.45, 7) is 6.35. The summed E-state index contributed by atoms with van der Waals surface area (Å²) in [5, 5.41) is 9.32. The summed E-state index contributed by atoms with van der Waals surface area (Å²) >= 11 is 0. The van der Waals surface area contributed by atoms with Crippen molar-refractivity contribution in [3.63, 3.8) is 0 Å². The largest absolute Gasteiger partial charge is 0.480 e. The average molecular weight is 268 g/mol. The maximum absolute atomic E-state index is 12.5. The van der Waals surface area contributed by atoms with Gasteiger partial charge in [-0.2, -0.15) is 0 Å². The van der Waals surface area contributed by atoms with Gasteiger partial charge < -0.3 is 14.9 Å².